The van der Waals surface area contributed by atoms with Crippen LogP contribution in [0.25, 0.3) is 0 Å². The minimum Gasteiger partial charge on any atom is -0.370 e. The number of nitrogens with two attached hydrogens (primary N) is 2. The Bertz CT molecular complexity index is 477. The first kappa shape index (κ1) is 13.2. The fourth-order valence-electron chi connectivity index (χ4n) is 2.28. The summed E-state index contributed by atoms with van der Waals surface area (Å²) in [5.74, 6) is -0.241. The Kier molecular flexibility index (Phi) is 3.50. The van der Waals surface area contributed by atoms with Gasteiger partial charge in [-0.1, -0.05) is 17.7 Å². The molecule has 0 aliphatic carbocycles. The molecule has 1 aromatic carbocycles. The summed E-state index contributed by atoms with van der Waals surface area (Å²) in [7, 11) is 0. The van der Waals surface area contributed by atoms with Gasteiger partial charge in [0.05, 0.1) is 5.41 Å². The lowest BCUT2D eigenvalue weighted by atomic mass is 9.89. The van der Waals surface area contributed by atoms with E-state index in [1.807, 2.05) is 25.1 Å². The molecular formula is C13H18ClN3O. The van der Waals surface area contributed by atoms with E-state index in [-0.39, 0.29) is 5.91 Å². The van der Waals surface area contributed by atoms with Gasteiger partial charge in [-0.05, 0) is 31.0 Å². The van der Waals surface area contributed by atoms with E-state index in [9.17, 15) is 4.79 Å². The van der Waals surface area contributed by atoms with Crippen LogP contribution in [0.5, 0.6) is 0 Å². The van der Waals surface area contributed by atoms with Crippen LogP contribution in [0.4, 0.5) is 5.69 Å². The number of hydrogen-bond acceptors (Lipinski definition) is 3. The fraction of sp³-hybridized carbons (Fsp3) is 0.462. The van der Waals surface area contributed by atoms with Gasteiger partial charge < -0.3 is 16.4 Å². The van der Waals surface area contributed by atoms with Crippen molar-refractivity contribution in [3.63, 3.8) is 0 Å². The second-order valence-corrected chi connectivity index (χ2v) is 5.48. The third-order valence-corrected chi connectivity index (χ3v) is 4.04. The number of amides is 1. The number of benzene rings is 1. The molecule has 1 unspecified atom stereocenters. The van der Waals surface area contributed by atoms with Crippen LogP contribution >= 0.6 is 11.6 Å². The Labute approximate surface area is 112 Å². The maximum atomic E-state index is 11.4. The summed E-state index contributed by atoms with van der Waals surface area (Å²) >= 11 is 6.14. The van der Waals surface area contributed by atoms with Crippen molar-refractivity contribution in [2.24, 2.45) is 16.9 Å². The van der Waals surface area contributed by atoms with E-state index in [0.29, 0.717) is 18.1 Å². The molecule has 98 valence electrons. The highest BCUT2D eigenvalue weighted by atomic mass is 35.5. The molecule has 0 saturated carbocycles. The van der Waals surface area contributed by atoms with E-state index < -0.39 is 5.41 Å². The summed E-state index contributed by atoms with van der Waals surface area (Å²) in [6, 6.07) is 5.81. The Morgan fingerprint density at radius 3 is 2.78 bits per heavy atom. The van der Waals surface area contributed by atoms with Gasteiger partial charge in [0.1, 0.15) is 0 Å². The molecule has 1 fully saturated rings. The topological polar surface area (TPSA) is 72.4 Å². The van der Waals surface area contributed by atoms with Gasteiger partial charge in [-0.15, -0.1) is 0 Å². The lowest BCUT2D eigenvalue weighted by Gasteiger charge is -2.23. The molecule has 2 rings (SSSR count). The van der Waals surface area contributed by atoms with E-state index >= 15 is 0 Å². The summed E-state index contributed by atoms with van der Waals surface area (Å²) in [5.41, 5.74) is 12.5. The molecule has 0 bridgehead atoms. The average Bonchev–Trinajstić information content (AvgIpc) is 2.73. The van der Waals surface area contributed by atoms with Crippen LogP contribution in [0.15, 0.2) is 18.2 Å². The van der Waals surface area contributed by atoms with Crippen LogP contribution in [0.2, 0.25) is 5.02 Å². The SMILES string of the molecule is CC1(C(N)=O)CCN(c2ccc(CN)c(Cl)c2)C1. The summed E-state index contributed by atoms with van der Waals surface area (Å²) in [5, 5.41) is 0.669. The number of hydrogen-bond donors (Lipinski definition) is 2. The molecule has 18 heavy (non-hydrogen) atoms. The number of carbonyl (C=O) groups excluding carboxylic acids is 1. The number of carbonyl (C=O) groups is 1. The summed E-state index contributed by atoms with van der Waals surface area (Å²) in [4.78, 5) is 13.6. The molecule has 5 heteroatoms. The molecule has 1 aliphatic heterocycles. The molecule has 1 aliphatic rings. The van der Waals surface area contributed by atoms with Crippen molar-refractivity contribution in [2.75, 3.05) is 18.0 Å². The van der Waals surface area contributed by atoms with Crippen LogP contribution in [-0.2, 0) is 11.3 Å². The molecule has 1 heterocycles. The zero-order valence-corrected chi connectivity index (χ0v) is 11.2. The first-order valence-corrected chi connectivity index (χ1v) is 6.37. The quantitative estimate of drug-likeness (QED) is 0.872. The Balaban J connectivity index is 2.19. The summed E-state index contributed by atoms with van der Waals surface area (Å²) < 4.78 is 0. The van der Waals surface area contributed by atoms with Gasteiger partial charge in [0.25, 0.3) is 0 Å². The maximum Gasteiger partial charge on any atom is 0.225 e. The first-order chi connectivity index (χ1) is 8.46. The standard InChI is InChI=1S/C13H18ClN3O/c1-13(12(16)18)4-5-17(8-13)10-3-2-9(7-15)11(14)6-10/h2-3,6H,4-5,7-8,15H2,1H3,(H2,16,18). The predicted octanol–water partition coefficient (Wildman–Crippen LogP) is 1.50. The van der Waals surface area contributed by atoms with Crippen molar-refractivity contribution in [1.29, 1.82) is 0 Å². The normalized spacial score (nSPS) is 23.4. The van der Waals surface area contributed by atoms with Crippen LogP contribution in [-0.4, -0.2) is 19.0 Å². The number of halogens is 1. The highest BCUT2D eigenvalue weighted by molar-refractivity contribution is 6.31. The van der Waals surface area contributed by atoms with Gasteiger partial charge in [-0.25, -0.2) is 0 Å². The van der Waals surface area contributed by atoms with Gasteiger partial charge in [-0.3, -0.25) is 4.79 Å². The Morgan fingerprint density at radius 1 is 1.56 bits per heavy atom. The van der Waals surface area contributed by atoms with Crippen molar-refractivity contribution >= 4 is 23.2 Å². The predicted molar refractivity (Wildman–Crippen MR) is 73.5 cm³/mol. The van der Waals surface area contributed by atoms with Gasteiger partial charge >= 0.3 is 0 Å². The van der Waals surface area contributed by atoms with Crippen molar-refractivity contribution in [1.82, 2.24) is 0 Å². The monoisotopic (exact) mass is 267 g/mol. The van der Waals surface area contributed by atoms with E-state index in [4.69, 9.17) is 23.1 Å². The molecule has 0 aromatic heterocycles. The molecule has 4 N–H and O–H groups in total. The van der Waals surface area contributed by atoms with E-state index in [1.54, 1.807) is 0 Å². The molecule has 1 atom stereocenters. The van der Waals surface area contributed by atoms with Gasteiger partial charge in [0.15, 0.2) is 0 Å². The van der Waals surface area contributed by atoms with Gasteiger partial charge in [-0.2, -0.15) is 0 Å². The lowest BCUT2D eigenvalue weighted by Crippen LogP contribution is -2.37. The van der Waals surface area contributed by atoms with Crippen molar-refractivity contribution < 1.29 is 4.79 Å². The second-order valence-electron chi connectivity index (χ2n) is 5.08. The fourth-order valence-corrected chi connectivity index (χ4v) is 2.53. The first-order valence-electron chi connectivity index (χ1n) is 5.99. The number of primary amides is 1. The largest absolute Gasteiger partial charge is 0.370 e. The minimum atomic E-state index is -0.445. The molecule has 1 aromatic rings. The van der Waals surface area contributed by atoms with E-state index in [2.05, 4.69) is 4.90 Å². The molecule has 1 saturated heterocycles. The molecular weight excluding hydrogens is 250 g/mol. The van der Waals surface area contributed by atoms with Gasteiger partial charge in [0.2, 0.25) is 5.91 Å². The third kappa shape index (κ3) is 2.31. The average molecular weight is 268 g/mol. The summed E-state index contributed by atoms with van der Waals surface area (Å²) in [6.45, 7) is 3.79. The van der Waals surface area contributed by atoms with Crippen LogP contribution in [0.1, 0.15) is 18.9 Å². The van der Waals surface area contributed by atoms with Crippen molar-refractivity contribution in [3.05, 3.63) is 28.8 Å². The third-order valence-electron chi connectivity index (χ3n) is 3.69. The van der Waals surface area contributed by atoms with Crippen LogP contribution in [0, 0.1) is 5.41 Å². The lowest BCUT2D eigenvalue weighted by molar-refractivity contribution is -0.125. The molecule has 1 amide bonds. The zero-order valence-electron chi connectivity index (χ0n) is 10.4. The van der Waals surface area contributed by atoms with Gasteiger partial charge in [0, 0.05) is 30.3 Å². The molecule has 4 nitrogen and oxygen atoms in total. The second kappa shape index (κ2) is 4.78. The number of rotatable bonds is 3. The molecule has 0 spiro atoms. The zero-order chi connectivity index (χ0) is 13.3. The number of nitrogens with zero attached hydrogens (tertiary/aromatic N) is 1. The smallest absolute Gasteiger partial charge is 0.225 e. The van der Waals surface area contributed by atoms with Crippen molar-refractivity contribution in [3.8, 4) is 0 Å². The van der Waals surface area contributed by atoms with Crippen molar-refractivity contribution in [2.45, 2.75) is 19.9 Å². The molecule has 0 radical (unpaired) electrons. The highest BCUT2D eigenvalue weighted by Crippen LogP contribution is 2.34. The van der Waals surface area contributed by atoms with Crippen LogP contribution in [0.3, 0.4) is 0 Å². The van der Waals surface area contributed by atoms with E-state index in [1.165, 1.54) is 0 Å². The summed E-state index contributed by atoms with van der Waals surface area (Å²) in [6.07, 6.45) is 0.776. The Morgan fingerprint density at radius 2 is 2.28 bits per heavy atom. The van der Waals surface area contributed by atoms with Crippen LogP contribution < -0.4 is 16.4 Å². The van der Waals surface area contributed by atoms with E-state index in [0.717, 1.165) is 24.2 Å². The number of anilines is 1. The Hall–Kier alpha value is -1.26. The minimum absolute atomic E-state index is 0.241. The highest BCUT2D eigenvalue weighted by Gasteiger charge is 2.38. The maximum absolute atomic E-state index is 11.4.